The second-order valence-electron chi connectivity index (χ2n) is 4.50. The van der Waals surface area contributed by atoms with Crippen molar-refractivity contribution in [3.63, 3.8) is 0 Å². The number of hydrogen-bond acceptors (Lipinski definition) is 3. The van der Waals surface area contributed by atoms with E-state index in [1.807, 2.05) is 0 Å². The molecule has 92 valence electrons. The smallest absolute Gasteiger partial charge is 0.255 e. The van der Waals surface area contributed by atoms with Crippen LogP contribution in [0.2, 0.25) is 0 Å². The first-order valence-electron chi connectivity index (χ1n) is 5.44. The van der Waals surface area contributed by atoms with Gasteiger partial charge in [-0.2, -0.15) is 0 Å². The number of aliphatic hydroxyl groups is 1. The van der Waals surface area contributed by atoms with Crippen LogP contribution in [0.25, 0.3) is 0 Å². The van der Waals surface area contributed by atoms with Crippen LogP contribution >= 0.6 is 15.9 Å². The number of aromatic hydroxyl groups is 1. The molecule has 1 aromatic rings. The molecular weight excluding hydrogens is 286 g/mol. The number of nitrogens with one attached hydrogen (secondary N) is 1. The number of carbonyl (C=O) groups is 1. The van der Waals surface area contributed by atoms with Gasteiger partial charge in [0.15, 0.2) is 0 Å². The SMILES string of the molecule is O=C(NCC1(CO)CC1)c1cc(Br)ccc1O. The Morgan fingerprint density at radius 1 is 1.47 bits per heavy atom. The van der Waals surface area contributed by atoms with Crippen LogP contribution in [0.1, 0.15) is 23.2 Å². The quantitative estimate of drug-likeness (QED) is 0.792. The van der Waals surface area contributed by atoms with Crippen LogP contribution in [-0.2, 0) is 0 Å². The zero-order valence-corrected chi connectivity index (χ0v) is 10.8. The molecule has 1 aliphatic rings. The molecule has 1 aliphatic carbocycles. The first kappa shape index (κ1) is 12.4. The summed E-state index contributed by atoms with van der Waals surface area (Å²) in [5.41, 5.74) is 0.116. The number of benzene rings is 1. The predicted octanol–water partition coefficient (Wildman–Crippen LogP) is 1.66. The number of phenols is 1. The molecule has 2 rings (SSSR count). The average molecular weight is 300 g/mol. The fraction of sp³-hybridized carbons (Fsp3) is 0.417. The maximum atomic E-state index is 11.8. The fourth-order valence-electron chi connectivity index (χ4n) is 1.62. The molecule has 17 heavy (non-hydrogen) atoms. The number of carbonyl (C=O) groups excluding carboxylic acids is 1. The minimum atomic E-state index is -0.316. The Balaban J connectivity index is 2.02. The van der Waals surface area contributed by atoms with Crippen molar-refractivity contribution in [1.82, 2.24) is 5.32 Å². The van der Waals surface area contributed by atoms with Crippen molar-refractivity contribution >= 4 is 21.8 Å². The van der Waals surface area contributed by atoms with Gasteiger partial charge in [-0.25, -0.2) is 0 Å². The lowest BCUT2D eigenvalue weighted by atomic mass is 10.1. The van der Waals surface area contributed by atoms with Crippen molar-refractivity contribution in [1.29, 1.82) is 0 Å². The average Bonchev–Trinajstić information content (AvgIpc) is 3.10. The molecule has 0 bridgehead atoms. The molecule has 3 N–H and O–H groups in total. The third-order valence-corrected chi connectivity index (χ3v) is 3.61. The minimum Gasteiger partial charge on any atom is -0.507 e. The first-order chi connectivity index (χ1) is 8.06. The van der Waals surface area contributed by atoms with Crippen LogP contribution < -0.4 is 5.32 Å². The van der Waals surface area contributed by atoms with Gasteiger partial charge in [0, 0.05) is 16.4 Å². The molecule has 0 unspecified atom stereocenters. The van der Waals surface area contributed by atoms with E-state index in [1.165, 1.54) is 6.07 Å². The second kappa shape index (κ2) is 4.66. The highest BCUT2D eigenvalue weighted by atomic mass is 79.9. The Morgan fingerprint density at radius 3 is 2.76 bits per heavy atom. The maximum absolute atomic E-state index is 11.8. The third-order valence-electron chi connectivity index (χ3n) is 3.12. The Kier molecular flexibility index (Phi) is 3.40. The summed E-state index contributed by atoms with van der Waals surface area (Å²) in [7, 11) is 0. The topological polar surface area (TPSA) is 69.6 Å². The van der Waals surface area contributed by atoms with Crippen molar-refractivity contribution in [2.24, 2.45) is 5.41 Å². The van der Waals surface area contributed by atoms with E-state index >= 15 is 0 Å². The van der Waals surface area contributed by atoms with Gasteiger partial charge in [-0.15, -0.1) is 0 Å². The Bertz CT molecular complexity index is 443. The van der Waals surface area contributed by atoms with Crippen molar-refractivity contribution in [2.45, 2.75) is 12.8 Å². The molecule has 0 aliphatic heterocycles. The number of aliphatic hydroxyl groups excluding tert-OH is 1. The molecule has 0 heterocycles. The van der Waals surface area contributed by atoms with Crippen LogP contribution in [0.5, 0.6) is 5.75 Å². The summed E-state index contributed by atoms with van der Waals surface area (Å²) in [5.74, 6) is -0.358. The van der Waals surface area contributed by atoms with Crippen LogP contribution in [-0.4, -0.2) is 29.3 Å². The van der Waals surface area contributed by atoms with Crippen LogP contribution in [0.15, 0.2) is 22.7 Å². The highest BCUT2D eigenvalue weighted by molar-refractivity contribution is 9.10. The van der Waals surface area contributed by atoms with Crippen molar-refractivity contribution in [2.75, 3.05) is 13.2 Å². The van der Waals surface area contributed by atoms with Crippen molar-refractivity contribution in [3.8, 4) is 5.75 Å². The summed E-state index contributed by atoms with van der Waals surface area (Å²) in [6.45, 7) is 0.548. The van der Waals surface area contributed by atoms with Crippen LogP contribution in [0.3, 0.4) is 0 Å². The fourth-order valence-corrected chi connectivity index (χ4v) is 1.98. The Morgan fingerprint density at radius 2 is 2.18 bits per heavy atom. The lowest BCUT2D eigenvalue weighted by Crippen LogP contribution is -2.31. The molecule has 0 atom stereocenters. The van der Waals surface area contributed by atoms with Gasteiger partial charge >= 0.3 is 0 Å². The number of phenolic OH excluding ortho intramolecular Hbond substituents is 1. The molecular formula is C12H14BrNO3. The number of halogens is 1. The summed E-state index contributed by atoms with van der Waals surface area (Å²) in [4.78, 5) is 11.8. The predicted molar refractivity (Wildman–Crippen MR) is 66.9 cm³/mol. The van der Waals surface area contributed by atoms with E-state index in [4.69, 9.17) is 5.11 Å². The van der Waals surface area contributed by atoms with Crippen LogP contribution in [0.4, 0.5) is 0 Å². The Labute approximate surface area is 108 Å². The third kappa shape index (κ3) is 2.79. The van der Waals surface area contributed by atoms with Gasteiger partial charge in [-0.05, 0) is 31.0 Å². The molecule has 0 radical (unpaired) electrons. The van der Waals surface area contributed by atoms with E-state index in [9.17, 15) is 9.90 Å². The highest BCUT2D eigenvalue weighted by Gasteiger charge is 2.42. The van der Waals surface area contributed by atoms with Gasteiger partial charge in [0.05, 0.1) is 12.2 Å². The summed E-state index contributed by atoms with van der Waals surface area (Å²) < 4.78 is 0.740. The van der Waals surface area contributed by atoms with Crippen molar-refractivity contribution < 1.29 is 15.0 Å². The molecule has 5 heteroatoms. The molecule has 4 nitrogen and oxygen atoms in total. The van der Waals surface area contributed by atoms with E-state index < -0.39 is 0 Å². The Hall–Kier alpha value is -1.07. The van der Waals surface area contributed by atoms with E-state index in [2.05, 4.69) is 21.2 Å². The van der Waals surface area contributed by atoms with Gasteiger partial charge in [-0.3, -0.25) is 4.79 Å². The number of hydrogen-bond donors (Lipinski definition) is 3. The van der Waals surface area contributed by atoms with Crippen LogP contribution in [0, 0.1) is 5.41 Å². The van der Waals surface area contributed by atoms with E-state index in [-0.39, 0.29) is 29.2 Å². The molecule has 1 aromatic carbocycles. The van der Waals surface area contributed by atoms with E-state index in [1.54, 1.807) is 12.1 Å². The molecule has 1 fully saturated rings. The monoisotopic (exact) mass is 299 g/mol. The minimum absolute atomic E-state index is 0.0421. The lowest BCUT2D eigenvalue weighted by Gasteiger charge is -2.13. The van der Waals surface area contributed by atoms with E-state index in [0.717, 1.165) is 17.3 Å². The lowest BCUT2D eigenvalue weighted by molar-refractivity contribution is 0.0932. The number of rotatable bonds is 4. The molecule has 0 spiro atoms. The zero-order chi connectivity index (χ0) is 12.5. The van der Waals surface area contributed by atoms with Gasteiger partial charge in [-0.1, -0.05) is 15.9 Å². The highest BCUT2D eigenvalue weighted by Crippen LogP contribution is 2.44. The number of amides is 1. The molecule has 1 saturated carbocycles. The maximum Gasteiger partial charge on any atom is 0.255 e. The summed E-state index contributed by atoms with van der Waals surface area (Å²) >= 11 is 3.25. The zero-order valence-electron chi connectivity index (χ0n) is 9.24. The first-order valence-corrected chi connectivity index (χ1v) is 6.23. The van der Waals surface area contributed by atoms with Gasteiger partial charge in [0.25, 0.3) is 5.91 Å². The molecule has 0 saturated heterocycles. The van der Waals surface area contributed by atoms with Gasteiger partial charge in [0.2, 0.25) is 0 Å². The normalized spacial score (nSPS) is 16.6. The summed E-state index contributed by atoms with van der Waals surface area (Å²) in [5, 5.41) is 21.4. The van der Waals surface area contributed by atoms with Gasteiger partial charge < -0.3 is 15.5 Å². The largest absolute Gasteiger partial charge is 0.507 e. The summed E-state index contributed by atoms with van der Waals surface area (Å²) in [6, 6.07) is 4.71. The van der Waals surface area contributed by atoms with E-state index in [0.29, 0.717) is 6.54 Å². The standard InChI is InChI=1S/C12H14BrNO3/c13-8-1-2-10(16)9(5-8)11(17)14-6-12(7-15)3-4-12/h1-2,5,15-16H,3-4,6-7H2,(H,14,17). The molecule has 1 amide bonds. The second-order valence-corrected chi connectivity index (χ2v) is 5.42. The van der Waals surface area contributed by atoms with Gasteiger partial charge in [0.1, 0.15) is 5.75 Å². The van der Waals surface area contributed by atoms with Crippen molar-refractivity contribution in [3.05, 3.63) is 28.2 Å². The summed E-state index contributed by atoms with van der Waals surface area (Å²) in [6.07, 6.45) is 1.88. The molecule has 0 aromatic heterocycles.